The van der Waals surface area contributed by atoms with E-state index in [-0.39, 0.29) is 0 Å². The Bertz CT molecular complexity index is 595. The molecule has 1 heteroatoms. The first kappa shape index (κ1) is 13.2. The molecule has 2 aromatic carbocycles. The lowest BCUT2D eigenvalue weighted by Gasteiger charge is -2.31. The van der Waals surface area contributed by atoms with Crippen molar-refractivity contribution in [3.05, 3.63) is 64.7 Å². The summed E-state index contributed by atoms with van der Waals surface area (Å²) in [5.41, 5.74) is 7.01. The van der Waals surface area contributed by atoms with Gasteiger partial charge in [-0.3, -0.25) is 0 Å². The van der Waals surface area contributed by atoms with Gasteiger partial charge < -0.3 is 5.32 Å². The molecule has 0 spiro atoms. The second-order valence-corrected chi connectivity index (χ2v) is 6.27. The van der Waals surface area contributed by atoms with Crippen molar-refractivity contribution in [2.24, 2.45) is 0 Å². The zero-order chi connectivity index (χ0) is 14.1. The maximum absolute atomic E-state index is 3.60. The fourth-order valence-corrected chi connectivity index (χ4v) is 3.53. The van der Waals surface area contributed by atoms with Crippen LogP contribution in [-0.4, -0.2) is 6.04 Å². The largest absolute Gasteiger partial charge is 0.382 e. The number of benzene rings is 2. The maximum Gasteiger partial charge on any atom is 0.0377 e. The highest BCUT2D eigenvalue weighted by Gasteiger charge is 2.23. The smallest absolute Gasteiger partial charge is 0.0377 e. The molecule has 0 amide bonds. The lowest BCUT2D eigenvalue weighted by Crippen LogP contribution is -2.26. The summed E-state index contributed by atoms with van der Waals surface area (Å²) < 4.78 is 0. The van der Waals surface area contributed by atoms with Gasteiger partial charge in [0.2, 0.25) is 0 Å². The highest BCUT2D eigenvalue weighted by molar-refractivity contribution is 5.56. The fourth-order valence-electron chi connectivity index (χ4n) is 3.53. The van der Waals surface area contributed by atoms with E-state index in [0.717, 1.165) is 6.42 Å². The predicted molar refractivity (Wildman–Crippen MR) is 86.5 cm³/mol. The van der Waals surface area contributed by atoms with Crippen molar-refractivity contribution in [2.75, 3.05) is 5.32 Å². The molecule has 0 saturated carbocycles. The van der Waals surface area contributed by atoms with Crippen LogP contribution in [0.5, 0.6) is 0 Å². The first-order valence-electron chi connectivity index (χ1n) is 7.54. The summed E-state index contributed by atoms with van der Waals surface area (Å²) in [6, 6.07) is 16.2. The second kappa shape index (κ2) is 5.32. The van der Waals surface area contributed by atoms with Crippen LogP contribution in [0.4, 0.5) is 5.69 Å². The van der Waals surface area contributed by atoms with Crippen LogP contribution in [0.15, 0.2) is 42.5 Å². The molecule has 20 heavy (non-hydrogen) atoms. The number of aryl methyl sites for hydroxylation is 2. The topological polar surface area (TPSA) is 12.0 Å². The van der Waals surface area contributed by atoms with Crippen molar-refractivity contribution in [3.63, 3.8) is 0 Å². The van der Waals surface area contributed by atoms with Crippen LogP contribution in [0.2, 0.25) is 0 Å². The number of rotatable bonds is 2. The maximum atomic E-state index is 3.60. The predicted octanol–water partition coefficient (Wildman–Crippen LogP) is 4.83. The standard InChI is InChI=1S/C19H23N/c1-13-8-14(2)10-16(9-13)12-17-11-15(3)20-19-7-5-4-6-18(17)19/h4-10,15,17,20H,11-12H2,1-3H3. The van der Waals surface area contributed by atoms with Crippen LogP contribution in [0.25, 0.3) is 0 Å². The van der Waals surface area contributed by atoms with Crippen LogP contribution < -0.4 is 5.32 Å². The van der Waals surface area contributed by atoms with E-state index in [1.807, 2.05) is 0 Å². The number of hydrogen-bond donors (Lipinski definition) is 1. The van der Waals surface area contributed by atoms with E-state index in [4.69, 9.17) is 0 Å². The van der Waals surface area contributed by atoms with Crippen molar-refractivity contribution in [3.8, 4) is 0 Å². The molecule has 1 N–H and O–H groups in total. The molecule has 104 valence electrons. The summed E-state index contributed by atoms with van der Waals surface area (Å²) in [4.78, 5) is 0. The fraction of sp³-hybridized carbons (Fsp3) is 0.368. The SMILES string of the molecule is Cc1cc(C)cc(CC2CC(C)Nc3ccccc32)c1. The van der Waals surface area contributed by atoms with Gasteiger partial charge in [0.25, 0.3) is 0 Å². The Hall–Kier alpha value is -1.76. The van der Waals surface area contributed by atoms with Gasteiger partial charge in [-0.2, -0.15) is 0 Å². The molecule has 0 radical (unpaired) electrons. The van der Waals surface area contributed by atoms with Gasteiger partial charge in [0.15, 0.2) is 0 Å². The quantitative estimate of drug-likeness (QED) is 0.819. The number of anilines is 1. The molecule has 1 aliphatic heterocycles. The third-order valence-electron chi connectivity index (χ3n) is 4.20. The average Bonchev–Trinajstić information content (AvgIpc) is 2.37. The average molecular weight is 265 g/mol. The minimum absolute atomic E-state index is 0.556. The Balaban J connectivity index is 1.91. The second-order valence-electron chi connectivity index (χ2n) is 6.27. The molecule has 2 unspecified atom stereocenters. The van der Waals surface area contributed by atoms with Crippen molar-refractivity contribution < 1.29 is 0 Å². The summed E-state index contributed by atoms with van der Waals surface area (Å²) >= 11 is 0. The molecule has 2 atom stereocenters. The minimum Gasteiger partial charge on any atom is -0.382 e. The van der Waals surface area contributed by atoms with Crippen LogP contribution in [0.1, 0.15) is 41.5 Å². The summed E-state index contributed by atoms with van der Waals surface area (Å²) in [7, 11) is 0. The molecule has 2 aromatic rings. The molecule has 0 bridgehead atoms. The van der Waals surface area contributed by atoms with E-state index < -0.39 is 0 Å². The lowest BCUT2D eigenvalue weighted by molar-refractivity contribution is 0.551. The van der Waals surface area contributed by atoms with Gasteiger partial charge in [-0.05, 0) is 56.7 Å². The van der Waals surface area contributed by atoms with Crippen molar-refractivity contribution in [2.45, 2.75) is 45.6 Å². The first-order chi connectivity index (χ1) is 9.61. The van der Waals surface area contributed by atoms with Crippen molar-refractivity contribution in [1.29, 1.82) is 0 Å². The van der Waals surface area contributed by atoms with E-state index >= 15 is 0 Å². The molecule has 1 nitrogen and oxygen atoms in total. The third-order valence-corrected chi connectivity index (χ3v) is 4.20. The zero-order valence-corrected chi connectivity index (χ0v) is 12.6. The Morgan fingerprint density at radius 2 is 1.75 bits per heavy atom. The Kier molecular flexibility index (Phi) is 3.52. The molecule has 0 fully saturated rings. The molecule has 0 saturated heterocycles. The first-order valence-corrected chi connectivity index (χ1v) is 7.54. The van der Waals surface area contributed by atoms with Crippen LogP contribution >= 0.6 is 0 Å². The summed E-state index contributed by atoms with van der Waals surface area (Å²) in [5.74, 6) is 0.628. The van der Waals surface area contributed by atoms with E-state index in [1.165, 1.54) is 34.4 Å². The third kappa shape index (κ3) is 2.72. The highest BCUT2D eigenvalue weighted by atomic mass is 14.9. The number of hydrogen-bond acceptors (Lipinski definition) is 1. The normalized spacial score (nSPS) is 21.1. The van der Waals surface area contributed by atoms with Gasteiger partial charge in [-0.15, -0.1) is 0 Å². The van der Waals surface area contributed by atoms with E-state index in [2.05, 4.69) is 68.6 Å². The number of fused-ring (bicyclic) bond motifs is 1. The molecule has 1 aliphatic rings. The van der Waals surface area contributed by atoms with Crippen LogP contribution in [0, 0.1) is 13.8 Å². The molecule has 0 aliphatic carbocycles. The minimum atomic E-state index is 0.556. The van der Waals surface area contributed by atoms with E-state index in [9.17, 15) is 0 Å². The van der Waals surface area contributed by atoms with Gasteiger partial charge in [-0.25, -0.2) is 0 Å². The molecular weight excluding hydrogens is 242 g/mol. The van der Waals surface area contributed by atoms with Gasteiger partial charge in [0.1, 0.15) is 0 Å². The Morgan fingerprint density at radius 1 is 1.05 bits per heavy atom. The Labute approximate surface area is 122 Å². The molecule has 3 rings (SSSR count). The van der Waals surface area contributed by atoms with E-state index in [1.54, 1.807) is 0 Å². The lowest BCUT2D eigenvalue weighted by atomic mass is 9.83. The van der Waals surface area contributed by atoms with Crippen LogP contribution in [0.3, 0.4) is 0 Å². The summed E-state index contributed by atoms with van der Waals surface area (Å²) in [5, 5.41) is 3.60. The van der Waals surface area contributed by atoms with Crippen molar-refractivity contribution in [1.82, 2.24) is 0 Å². The van der Waals surface area contributed by atoms with Gasteiger partial charge in [-0.1, -0.05) is 47.5 Å². The number of para-hydroxylation sites is 1. The van der Waals surface area contributed by atoms with Gasteiger partial charge in [0, 0.05) is 11.7 Å². The van der Waals surface area contributed by atoms with Crippen molar-refractivity contribution >= 4 is 5.69 Å². The molecule has 0 aromatic heterocycles. The van der Waals surface area contributed by atoms with Crippen LogP contribution in [-0.2, 0) is 6.42 Å². The highest BCUT2D eigenvalue weighted by Crippen LogP contribution is 2.36. The zero-order valence-electron chi connectivity index (χ0n) is 12.6. The summed E-state index contributed by atoms with van der Waals surface area (Å²) in [6.45, 7) is 6.66. The molecule has 1 heterocycles. The summed E-state index contributed by atoms with van der Waals surface area (Å²) in [6.07, 6.45) is 2.36. The van der Waals surface area contributed by atoms with Gasteiger partial charge >= 0.3 is 0 Å². The number of nitrogens with one attached hydrogen (secondary N) is 1. The monoisotopic (exact) mass is 265 g/mol. The Morgan fingerprint density at radius 3 is 2.50 bits per heavy atom. The molecular formula is C19H23N. The van der Waals surface area contributed by atoms with E-state index in [0.29, 0.717) is 12.0 Å². The van der Waals surface area contributed by atoms with Gasteiger partial charge in [0.05, 0.1) is 0 Å².